The van der Waals surface area contributed by atoms with Crippen LogP contribution < -0.4 is 0 Å². The second-order valence-electron chi connectivity index (χ2n) is 8.06. The summed E-state index contributed by atoms with van der Waals surface area (Å²) in [5, 5.41) is 0. The molecule has 1 unspecified atom stereocenters. The average molecular weight is 341 g/mol. The zero-order valence-electron chi connectivity index (χ0n) is 19.2. The van der Waals surface area contributed by atoms with Gasteiger partial charge in [-0.2, -0.15) is 0 Å². The normalized spacial score (nSPS) is 15.6. The van der Waals surface area contributed by atoms with Crippen LogP contribution >= 0.6 is 0 Å². The van der Waals surface area contributed by atoms with E-state index in [1.807, 2.05) is 27.7 Å². The zero-order valence-corrected chi connectivity index (χ0v) is 19.2. The van der Waals surface area contributed by atoms with Crippen LogP contribution in [0.1, 0.15) is 127 Å². The minimum atomic E-state index is 0.454. The molecule has 0 saturated heterocycles. The van der Waals surface area contributed by atoms with Crippen LogP contribution in [0.5, 0.6) is 0 Å². The van der Waals surface area contributed by atoms with E-state index < -0.39 is 0 Å². The Kier molecular flexibility index (Phi) is 22.7. The van der Waals surface area contributed by atoms with E-state index in [2.05, 4.69) is 48.1 Å². The number of hydrogen-bond donors (Lipinski definition) is 0. The highest BCUT2D eigenvalue weighted by molar-refractivity contribution is 4.88. The molecule has 1 aliphatic carbocycles. The van der Waals surface area contributed by atoms with Crippen molar-refractivity contribution in [3.8, 4) is 0 Å². The first kappa shape index (κ1) is 28.5. The summed E-state index contributed by atoms with van der Waals surface area (Å²) in [5.74, 6) is 1.89. The molecule has 0 N–H and O–H groups in total. The van der Waals surface area contributed by atoms with Crippen molar-refractivity contribution >= 4 is 0 Å². The monoisotopic (exact) mass is 340 g/mol. The Morgan fingerprint density at radius 3 is 1.79 bits per heavy atom. The van der Waals surface area contributed by atoms with E-state index in [9.17, 15) is 0 Å². The van der Waals surface area contributed by atoms with Gasteiger partial charge in [-0.25, -0.2) is 0 Å². The Hall–Kier alpha value is -0.260. The molecule has 1 rings (SSSR count). The highest BCUT2D eigenvalue weighted by atomic mass is 14.2. The second kappa shape index (κ2) is 19.1. The second-order valence-corrected chi connectivity index (χ2v) is 8.06. The minimum Gasteiger partial charge on any atom is -0.100 e. The molecule has 148 valence electrons. The SMILES string of the molecule is C=C(C)CCC(C)C(C)(C)C.CC.CC.CCCC1CCCCC1. The van der Waals surface area contributed by atoms with Crippen molar-refractivity contribution in [3.05, 3.63) is 12.2 Å². The molecule has 0 aromatic rings. The smallest absolute Gasteiger partial charge is 0.0323 e. The number of rotatable bonds is 5. The van der Waals surface area contributed by atoms with E-state index in [1.54, 1.807) is 0 Å². The predicted molar refractivity (Wildman–Crippen MR) is 117 cm³/mol. The zero-order chi connectivity index (χ0) is 19.6. The van der Waals surface area contributed by atoms with Crippen LogP contribution in [0.15, 0.2) is 12.2 Å². The highest BCUT2D eigenvalue weighted by Crippen LogP contribution is 2.29. The standard InChI is InChI=1S/C11H22.C9H18.2C2H6/c1-9(2)7-8-10(3)11(4,5)6;1-2-6-9-7-4-3-5-8-9;2*1-2/h10H,1,7-8H2,2-6H3;9H,2-8H2,1H3;2*1-2H3. The van der Waals surface area contributed by atoms with Gasteiger partial charge >= 0.3 is 0 Å². The first-order chi connectivity index (χ1) is 11.3. The summed E-state index contributed by atoms with van der Waals surface area (Å²) in [4.78, 5) is 0. The highest BCUT2D eigenvalue weighted by Gasteiger charge is 2.18. The molecule has 0 heterocycles. The molecule has 0 spiro atoms. The van der Waals surface area contributed by atoms with Crippen LogP contribution in [0.2, 0.25) is 0 Å². The Morgan fingerprint density at radius 2 is 1.46 bits per heavy atom. The molecular weight excluding hydrogens is 288 g/mol. The minimum absolute atomic E-state index is 0.454. The van der Waals surface area contributed by atoms with Gasteiger partial charge in [0.25, 0.3) is 0 Å². The topological polar surface area (TPSA) is 0 Å². The average Bonchev–Trinajstić information content (AvgIpc) is 2.57. The van der Waals surface area contributed by atoms with E-state index in [-0.39, 0.29) is 0 Å². The summed E-state index contributed by atoms with van der Waals surface area (Å²) in [7, 11) is 0. The number of hydrogen-bond acceptors (Lipinski definition) is 0. The third kappa shape index (κ3) is 19.8. The van der Waals surface area contributed by atoms with Crippen LogP contribution in [-0.2, 0) is 0 Å². The Morgan fingerprint density at radius 1 is 1.00 bits per heavy atom. The van der Waals surface area contributed by atoms with Gasteiger partial charge in [-0.05, 0) is 37.0 Å². The molecule has 0 nitrogen and oxygen atoms in total. The lowest BCUT2D eigenvalue weighted by molar-refractivity contribution is 0.247. The van der Waals surface area contributed by atoms with Crippen molar-refractivity contribution in [2.45, 2.75) is 127 Å². The van der Waals surface area contributed by atoms with Crippen molar-refractivity contribution < 1.29 is 0 Å². The summed E-state index contributed by atoms with van der Waals surface area (Å²) in [6, 6.07) is 0. The lowest BCUT2D eigenvalue weighted by Crippen LogP contribution is -2.16. The van der Waals surface area contributed by atoms with Crippen molar-refractivity contribution in [1.82, 2.24) is 0 Å². The molecule has 0 aromatic heterocycles. The maximum Gasteiger partial charge on any atom is -0.0323 e. The molecule has 1 saturated carbocycles. The molecule has 1 aliphatic rings. The van der Waals surface area contributed by atoms with E-state index in [0.29, 0.717) is 5.41 Å². The number of allylic oxidation sites excluding steroid dienone is 1. The summed E-state index contributed by atoms with van der Waals surface area (Å²) in [5.41, 5.74) is 1.76. The van der Waals surface area contributed by atoms with E-state index in [1.165, 1.54) is 63.4 Å². The summed E-state index contributed by atoms with van der Waals surface area (Å²) >= 11 is 0. The third-order valence-electron chi connectivity index (χ3n) is 4.90. The van der Waals surface area contributed by atoms with E-state index in [0.717, 1.165) is 11.8 Å². The fraction of sp³-hybridized carbons (Fsp3) is 0.917. The predicted octanol–water partition coefficient (Wildman–Crippen LogP) is 9.44. The van der Waals surface area contributed by atoms with Gasteiger partial charge < -0.3 is 0 Å². The third-order valence-corrected chi connectivity index (χ3v) is 4.90. The first-order valence-electron chi connectivity index (χ1n) is 10.9. The molecule has 1 fully saturated rings. The molecular formula is C24H52. The summed E-state index contributed by atoms with van der Waals surface area (Å²) in [6.07, 6.45) is 12.9. The Balaban J connectivity index is -0.000000307. The van der Waals surface area contributed by atoms with Crippen LogP contribution in [-0.4, -0.2) is 0 Å². The molecule has 0 aliphatic heterocycles. The van der Waals surface area contributed by atoms with Gasteiger partial charge in [-0.1, -0.05) is 113 Å². The van der Waals surface area contributed by atoms with Crippen molar-refractivity contribution in [2.75, 3.05) is 0 Å². The summed E-state index contributed by atoms with van der Waals surface area (Å²) < 4.78 is 0. The van der Waals surface area contributed by atoms with Crippen LogP contribution in [0, 0.1) is 17.3 Å². The van der Waals surface area contributed by atoms with Gasteiger partial charge in [0.15, 0.2) is 0 Å². The maximum absolute atomic E-state index is 3.91. The first-order valence-corrected chi connectivity index (χ1v) is 10.9. The van der Waals surface area contributed by atoms with Gasteiger partial charge in [0.2, 0.25) is 0 Å². The lowest BCUT2D eigenvalue weighted by atomic mass is 9.79. The van der Waals surface area contributed by atoms with Gasteiger partial charge in [0, 0.05) is 0 Å². The van der Waals surface area contributed by atoms with Crippen molar-refractivity contribution in [1.29, 1.82) is 0 Å². The molecule has 0 heteroatoms. The van der Waals surface area contributed by atoms with Gasteiger partial charge in [-0.3, -0.25) is 0 Å². The van der Waals surface area contributed by atoms with Gasteiger partial charge in [0.1, 0.15) is 0 Å². The maximum atomic E-state index is 3.91. The van der Waals surface area contributed by atoms with Crippen LogP contribution in [0.3, 0.4) is 0 Å². The van der Waals surface area contributed by atoms with Gasteiger partial charge in [-0.15, -0.1) is 6.58 Å². The Labute approximate surface area is 156 Å². The molecule has 0 radical (unpaired) electrons. The van der Waals surface area contributed by atoms with Crippen LogP contribution in [0.25, 0.3) is 0 Å². The molecule has 0 amide bonds. The van der Waals surface area contributed by atoms with Crippen LogP contribution in [0.4, 0.5) is 0 Å². The fourth-order valence-electron chi connectivity index (χ4n) is 2.78. The molecule has 24 heavy (non-hydrogen) atoms. The van der Waals surface area contributed by atoms with Crippen molar-refractivity contribution in [3.63, 3.8) is 0 Å². The largest absolute Gasteiger partial charge is 0.100 e. The van der Waals surface area contributed by atoms with Crippen molar-refractivity contribution in [2.24, 2.45) is 17.3 Å². The lowest BCUT2D eigenvalue weighted by Gasteiger charge is -2.27. The van der Waals surface area contributed by atoms with E-state index >= 15 is 0 Å². The quantitative estimate of drug-likeness (QED) is 0.437. The van der Waals surface area contributed by atoms with Gasteiger partial charge in [0.05, 0.1) is 0 Å². The van der Waals surface area contributed by atoms with E-state index in [4.69, 9.17) is 0 Å². The fourth-order valence-corrected chi connectivity index (χ4v) is 2.78. The summed E-state index contributed by atoms with van der Waals surface area (Å²) in [6.45, 7) is 25.5. The molecule has 0 aromatic carbocycles. The molecule has 0 bridgehead atoms. The molecule has 1 atom stereocenters. The Bertz CT molecular complexity index is 234.